The minimum Gasteiger partial charge on any atom is -0.353 e. The summed E-state index contributed by atoms with van der Waals surface area (Å²) in [5.74, 6) is -0.0163. The fraction of sp³-hybridized carbons (Fsp3) is 0.846. The molecule has 0 saturated carbocycles. The number of carbonyl (C=O) groups excluding carboxylic acids is 2. The van der Waals surface area contributed by atoms with E-state index < -0.39 is 15.9 Å². The van der Waals surface area contributed by atoms with Crippen molar-refractivity contribution in [2.75, 3.05) is 31.1 Å². The maximum absolute atomic E-state index is 12.6. The minimum absolute atomic E-state index is 0.0571. The van der Waals surface area contributed by atoms with Gasteiger partial charge in [-0.15, -0.1) is 0 Å². The van der Waals surface area contributed by atoms with Gasteiger partial charge in [-0.25, -0.2) is 8.42 Å². The van der Waals surface area contributed by atoms with Crippen LogP contribution in [0.3, 0.4) is 0 Å². The quantitative estimate of drug-likeness (QED) is 0.670. The van der Waals surface area contributed by atoms with Crippen LogP contribution in [-0.2, 0) is 19.4 Å². The van der Waals surface area contributed by atoms with Crippen LogP contribution in [0.15, 0.2) is 0 Å². The maximum Gasteiger partial charge on any atom is 0.241 e. The second-order valence-electron chi connectivity index (χ2n) is 5.68. The lowest BCUT2D eigenvalue weighted by Gasteiger charge is -2.33. The number of piperazine rings is 1. The number of nitrogens with one attached hydrogen (secondary N) is 2. The van der Waals surface area contributed by atoms with E-state index >= 15 is 0 Å². The number of unbranched alkanes of at least 4 members (excludes halogenated alkanes) is 1. The zero-order valence-electron chi connectivity index (χ0n) is 12.3. The monoisotopic (exact) mass is 317 g/mol. The average Bonchev–Trinajstić information content (AvgIpc) is 2.80. The van der Waals surface area contributed by atoms with E-state index in [-0.39, 0.29) is 42.5 Å². The lowest BCUT2D eigenvalue weighted by atomic mass is 10.1. The fourth-order valence-electron chi connectivity index (χ4n) is 2.76. The Bertz CT molecular complexity index is 496. The van der Waals surface area contributed by atoms with Crippen molar-refractivity contribution in [3.05, 3.63) is 0 Å². The standard InChI is InChI=1S/C13H23N3O4S/c1-2-3-5-16(10-4-6-21(19,20)9-10)13(18)11-7-15-12(17)8-14-11/h10-11,14H,2-9H2,1H3,(H,15,17). The van der Waals surface area contributed by atoms with Crippen molar-refractivity contribution in [3.8, 4) is 0 Å². The molecular weight excluding hydrogens is 294 g/mol. The van der Waals surface area contributed by atoms with E-state index in [9.17, 15) is 18.0 Å². The highest BCUT2D eigenvalue weighted by atomic mass is 32.2. The van der Waals surface area contributed by atoms with Gasteiger partial charge in [-0.2, -0.15) is 0 Å². The highest BCUT2D eigenvalue weighted by Gasteiger charge is 2.37. The van der Waals surface area contributed by atoms with E-state index in [2.05, 4.69) is 10.6 Å². The summed E-state index contributed by atoms with van der Waals surface area (Å²) in [6.07, 6.45) is 2.30. The van der Waals surface area contributed by atoms with E-state index in [1.807, 2.05) is 6.92 Å². The first kappa shape index (κ1) is 16.2. The summed E-state index contributed by atoms with van der Waals surface area (Å²) in [6.45, 7) is 3.00. The molecule has 0 aromatic rings. The van der Waals surface area contributed by atoms with Crippen molar-refractivity contribution in [2.45, 2.75) is 38.3 Å². The molecule has 0 radical (unpaired) electrons. The SMILES string of the molecule is CCCCN(C(=O)C1CNC(=O)CN1)C1CCS(=O)(=O)C1. The predicted molar refractivity (Wildman–Crippen MR) is 78.5 cm³/mol. The van der Waals surface area contributed by atoms with Crippen molar-refractivity contribution in [3.63, 3.8) is 0 Å². The molecule has 2 aliphatic rings. The highest BCUT2D eigenvalue weighted by Crippen LogP contribution is 2.19. The molecule has 2 saturated heterocycles. The number of hydrogen-bond acceptors (Lipinski definition) is 5. The van der Waals surface area contributed by atoms with Gasteiger partial charge in [0.25, 0.3) is 0 Å². The predicted octanol–water partition coefficient (Wildman–Crippen LogP) is -1.11. The fourth-order valence-corrected chi connectivity index (χ4v) is 4.49. The van der Waals surface area contributed by atoms with Gasteiger partial charge in [0.1, 0.15) is 6.04 Å². The topological polar surface area (TPSA) is 95.6 Å². The third kappa shape index (κ3) is 4.16. The van der Waals surface area contributed by atoms with Crippen molar-refractivity contribution in [1.82, 2.24) is 15.5 Å². The normalized spacial score (nSPS) is 28.1. The summed E-state index contributed by atoms with van der Waals surface area (Å²) in [4.78, 5) is 25.5. The summed E-state index contributed by atoms with van der Waals surface area (Å²) < 4.78 is 23.3. The Balaban J connectivity index is 2.04. The lowest BCUT2D eigenvalue weighted by Crippen LogP contribution is -2.60. The molecule has 2 amide bonds. The van der Waals surface area contributed by atoms with Crippen LogP contribution in [0, 0.1) is 0 Å². The Morgan fingerprint density at radius 3 is 2.71 bits per heavy atom. The summed E-state index contributed by atoms with van der Waals surface area (Å²) in [5, 5.41) is 5.58. The molecule has 0 spiro atoms. The van der Waals surface area contributed by atoms with Crippen LogP contribution in [-0.4, -0.2) is 68.4 Å². The molecule has 21 heavy (non-hydrogen) atoms. The molecule has 7 nitrogen and oxygen atoms in total. The van der Waals surface area contributed by atoms with Crippen LogP contribution < -0.4 is 10.6 Å². The third-order valence-corrected chi connectivity index (χ3v) is 5.75. The minimum atomic E-state index is -3.02. The number of nitrogens with zero attached hydrogens (tertiary/aromatic N) is 1. The highest BCUT2D eigenvalue weighted by molar-refractivity contribution is 7.91. The molecule has 2 N–H and O–H groups in total. The smallest absolute Gasteiger partial charge is 0.241 e. The van der Waals surface area contributed by atoms with Gasteiger partial charge < -0.3 is 10.2 Å². The first-order valence-corrected chi connectivity index (χ1v) is 9.26. The van der Waals surface area contributed by atoms with Crippen molar-refractivity contribution in [2.24, 2.45) is 0 Å². The van der Waals surface area contributed by atoms with E-state index in [4.69, 9.17) is 0 Å². The second-order valence-corrected chi connectivity index (χ2v) is 7.91. The van der Waals surface area contributed by atoms with Crippen LogP contribution in [0.5, 0.6) is 0 Å². The Kier molecular flexibility index (Phi) is 5.21. The zero-order chi connectivity index (χ0) is 15.5. The first-order chi connectivity index (χ1) is 9.93. The van der Waals surface area contributed by atoms with Gasteiger partial charge in [0.2, 0.25) is 11.8 Å². The molecule has 0 aromatic carbocycles. The van der Waals surface area contributed by atoms with Crippen molar-refractivity contribution in [1.29, 1.82) is 0 Å². The number of hydrogen-bond donors (Lipinski definition) is 2. The average molecular weight is 317 g/mol. The molecule has 2 fully saturated rings. The third-order valence-electron chi connectivity index (χ3n) is 4.00. The van der Waals surface area contributed by atoms with Gasteiger partial charge in [-0.1, -0.05) is 13.3 Å². The molecule has 0 bridgehead atoms. The number of amides is 2. The molecule has 2 aliphatic heterocycles. The summed E-state index contributed by atoms with van der Waals surface area (Å²) in [6, 6.07) is -0.684. The van der Waals surface area contributed by atoms with E-state index in [1.54, 1.807) is 4.90 Å². The Morgan fingerprint density at radius 1 is 1.43 bits per heavy atom. The van der Waals surface area contributed by atoms with Gasteiger partial charge in [-0.05, 0) is 12.8 Å². The van der Waals surface area contributed by atoms with E-state index in [1.165, 1.54) is 0 Å². The lowest BCUT2D eigenvalue weighted by molar-refractivity contribution is -0.136. The number of rotatable bonds is 5. The summed E-state index contributed by atoms with van der Waals surface area (Å²) in [7, 11) is -3.02. The molecule has 0 aromatic heterocycles. The zero-order valence-corrected chi connectivity index (χ0v) is 13.1. The molecule has 2 rings (SSSR count). The Hall–Kier alpha value is -1.15. The van der Waals surface area contributed by atoms with Gasteiger partial charge in [0.05, 0.1) is 18.1 Å². The maximum atomic E-state index is 12.6. The first-order valence-electron chi connectivity index (χ1n) is 7.44. The molecular formula is C13H23N3O4S. The molecule has 2 atom stereocenters. The van der Waals surface area contributed by atoms with Crippen molar-refractivity contribution >= 4 is 21.7 Å². The number of sulfone groups is 1. The molecule has 2 heterocycles. The van der Waals surface area contributed by atoms with Crippen LogP contribution in [0.4, 0.5) is 0 Å². The number of carbonyl (C=O) groups is 2. The van der Waals surface area contributed by atoms with Crippen molar-refractivity contribution < 1.29 is 18.0 Å². The van der Waals surface area contributed by atoms with Crippen LogP contribution in [0.25, 0.3) is 0 Å². The molecule has 2 unspecified atom stereocenters. The van der Waals surface area contributed by atoms with Gasteiger partial charge in [0, 0.05) is 19.1 Å². The van der Waals surface area contributed by atoms with Gasteiger partial charge in [0.15, 0.2) is 9.84 Å². The van der Waals surface area contributed by atoms with Gasteiger partial charge >= 0.3 is 0 Å². The van der Waals surface area contributed by atoms with Crippen LogP contribution in [0.1, 0.15) is 26.2 Å². The molecule has 0 aliphatic carbocycles. The van der Waals surface area contributed by atoms with Crippen LogP contribution in [0.2, 0.25) is 0 Å². The van der Waals surface area contributed by atoms with E-state index in [0.717, 1.165) is 12.8 Å². The molecule has 8 heteroatoms. The largest absolute Gasteiger partial charge is 0.353 e. The van der Waals surface area contributed by atoms with Gasteiger partial charge in [-0.3, -0.25) is 14.9 Å². The summed E-state index contributed by atoms with van der Waals surface area (Å²) >= 11 is 0. The second kappa shape index (κ2) is 6.74. The van der Waals surface area contributed by atoms with E-state index in [0.29, 0.717) is 13.0 Å². The Morgan fingerprint density at radius 2 is 2.19 bits per heavy atom. The Labute approximate surface area is 125 Å². The molecule has 120 valence electrons. The van der Waals surface area contributed by atoms with Crippen LogP contribution >= 0.6 is 0 Å². The summed E-state index contributed by atoms with van der Waals surface area (Å²) in [5.41, 5.74) is 0.